The standard InChI is InChI=1S/C16H24N4O2S/c1-10(8-14-12(3)20-22-13(14)4)19-16(21)17-7-5-6-15-18-11(2)9-23-15/h9-10H,5-8H2,1-4H3,(H2,17,19,21). The van der Waals surface area contributed by atoms with Gasteiger partial charge >= 0.3 is 6.03 Å². The van der Waals surface area contributed by atoms with E-state index in [-0.39, 0.29) is 12.1 Å². The number of aryl methyl sites for hydroxylation is 4. The number of rotatable bonds is 7. The molecule has 0 saturated carbocycles. The van der Waals surface area contributed by atoms with E-state index in [4.69, 9.17) is 4.52 Å². The molecule has 2 aromatic rings. The van der Waals surface area contributed by atoms with Crippen molar-refractivity contribution in [3.63, 3.8) is 0 Å². The van der Waals surface area contributed by atoms with Gasteiger partial charge in [0.1, 0.15) is 5.76 Å². The second kappa shape index (κ2) is 8.10. The van der Waals surface area contributed by atoms with Gasteiger partial charge in [-0.15, -0.1) is 11.3 Å². The minimum atomic E-state index is -0.139. The molecule has 0 radical (unpaired) electrons. The van der Waals surface area contributed by atoms with Gasteiger partial charge in [-0.3, -0.25) is 0 Å². The Morgan fingerprint density at radius 1 is 1.39 bits per heavy atom. The van der Waals surface area contributed by atoms with Gasteiger partial charge in [0.25, 0.3) is 0 Å². The predicted octanol–water partition coefficient (Wildman–Crippen LogP) is 2.92. The van der Waals surface area contributed by atoms with E-state index >= 15 is 0 Å². The highest BCUT2D eigenvalue weighted by molar-refractivity contribution is 7.09. The van der Waals surface area contributed by atoms with Gasteiger partial charge in [0.2, 0.25) is 0 Å². The van der Waals surface area contributed by atoms with Crippen LogP contribution in [0.1, 0.15) is 41.1 Å². The molecular weight excluding hydrogens is 312 g/mol. The molecule has 1 unspecified atom stereocenters. The molecule has 2 heterocycles. The normalized spacial score (nSPS) is 12.2. The summed E-state index contributed by atoms with van der Waals surface area (Å²) >= 11 is 1.67. The minimum absolute atomic E-state index is 0.0217. The Morgan fingerprint density at radius 2 is 2.17 bits per heavy atom. The summed E-state index contributed by atoms with van der Waals surface area (Å²) in [7, 11) is 0. The van der Waals surface area contributed by atoms with Crippen LogP contribution in [-0.2, 0) is 12.8 Å². The SMILES string of the molecule is Cc1csc(CCCNC(=O)NC(C)Cc2c(C)noc2C)n1. The molecule has 2 N–H and O–H groups in total. The maximum atomic E-state index is 11.9. The molecular formula is C16H24N4O2S. The summed E-state index contributed by atoms with van der Waals surface area (Å²) < 4.78 is 5.14. The average molecular weight is 336 g/mol. The Balaban J connectivity index is 1.66. The quantitative estimate of drug-likeness (QED) is 0.762. The lowest BCUT2D eigenvalue weighted by Crippen LogP contribution is -2.42. The summed E-state index contributed by atoms with van der Waals surface area (Å²) in [5.74, 6) is 0.815. The van der Waals surface area contributed by atoms with E-state index in [9.17, 15) is 4.79 Å². The molecule has 0 aromatic carbocycles. The van der Waals surface area contributed by atoms with Crippen LogP contribution < -0.4 is 10.6 Å². The number of hydrogen-bond donors (Lipinski definition) is 2. The zero-order valence-electron chi connectivity index (χ0n) is 14.1. The lowest BCUT2D eigenvalue weighted by molar-refractivity contribution is 0.237. The molecule has 126 valence electrons. The van der Waals surface area contributed by atoms with E-state index in [0.717, 1.165) is 40.6 Å². The lowest BCUT2D eigenvalue weighted by atomic mass is 10.1. The predicted molar refractivity (Wildman–Crippen MR) is 90.8 cm³/mol. The third-order valence-electron chi connectivity index (χ3n) is 3.59. The molecule has 0 aliphatic heterocycles. The number of urea groups is 1. The molecule has 6 nitrogen and oxygen atoms in total. The Morgan fingerprint density at radius 3 is 2.78 bits per heavy atom. The highest BCUT2D eigenvalue weighted by atomic mass is 32.1. The van der Waals surface area contributed by atoms with E-state index in [1.165, 1.54) is 0 Å². The third kappa shape index (κ3) is 5.35. The molecule has 0 aliphatic carbocycles. The van der Waals surface area contributed by atoms with Crippen LogP contribution in [0.2, 0.25) is 0 Å². The number of hydrogen-bond acceptors (Lipinski definition) is 5. The van der Waals surface area contributed by atoms with Crippen LogP contribution in [0.4, 0.5) is 4.79 Å². The molecule has 0 bridgehead atoms. The van der Waals surface area contributed by atoms with Gasteiger partial charge in [0, 0.05) is 35.6 Å². The second-order valence-corrected chi connectivity index (χ2v) is 6.74. The van der Waals surface area contributed by atoms with Crippen molar-refractivity contribution in [2.24, 2.45) is 0 Å². The molecule has 2 amide bonds. The van der Waals surface area contributed by atoms with Gasteiger partial charge in [0.15, 0.2) is 0 Å². The fraction of sp³-hybridized carbons (Fsp3) is 0.562. The highest BCUT2D eigenvalue weighted by Crippen LogP contribution is 2.14. The van der Waals surface area contributed by atoms with Gasteiger partial charge in [-0.1, -0.05) is 5.16 Å². The smallest absolute Gasteiger partial charge is 0.315 e. The number of carbonyl (C=O) groups excluding carboxylic acids is 1. The first-order valence-electron chi connectivity index (χ1n) is 7.83. The van der Waals surface area contributed by atoms with Crippen LogP contribution in [0, 0.1) is 20.8 Å². The van der Waals surface area contributed by atoms with Crippen molar-refractivity contribution in [2.45, 2.75) is 53.0 Å². The summed E-state index contributed by atoms with van der Waals surface area (Å²) in [6.45, 7) is 8.42. The summed E-state index contributed by atoms with van der Waals surface area (Å²) in [5, 5.41) is 12.9. The number of thiazole rings is 1. The van der Waals surface area contributed by atoms with Gasteiger partial charge < -0.3 is 15.2 Å². The molecule has 2 rings (SSSR count). The summed E-state index contributed by atoms with van der Waals surface area (Å²) in [4.78, 5) is 16.3. The van der Waals surface area contributed by atoms with Crippen LogP contribution in [0.25, 0.3) is 0 Å². The van der Waals surface area contributed by atoms with Gasteiger partial charge in [-0.25, -0.2) is 9.78 Å². The molecule has 1 atom stereocenters. The Kier molecular flexibility index (Phi) is 6.15. The fourth-order valence-corrected chi connectivity index (χ4v) is 3.20. The number of nitrogens with one attached hydrogen (secondary N) is 2. The van der Waals surface area contributed by atoms with Crippen LogP contribution in [0.5, 0.6) is 0 Å². The zero-order chi connectivity index (χ0) is 16.8. The van der Waals surface area contributed by atoms with Crippen molar-refractivity contribution >= 4 is 17.4 Å². The van der Waals surface area contributed by atoms with Crippen molar-refractivity contribution in [3.8, 4) is 0 Å². The molecule has 7 heteroatoms. The lowest BCUT2D eigenvalue weighted by Gasteiger charge is -2.14. The minimum Gasteiger partial charge on any atom is -0.361 e. The third-order valence-corrected chi connectivity index (χ3v) is 4.62. The molecule has 2 aromatic heterocycles. The van der Waals surface area contributed by atoms with E-state index in [1.54, 1.807) is 11.3 Å². The van der Waals surface area contributed by atoms with Crippen molar-refractivity contribution in [2.75, 3.05) is 6.54 Å². The molecule has 0 saturated heterocycles. The second-order valence-electron chi connectivity index (χ2n) is 5.79. The largest absolute Gasteiger partial charge is 0.361 e. The van der Waals surface area contributed by atoms with Crippen molar-refractivity contribution in [1.29, 1.82) is 0 Å². The van der Waals surface area contributed by atoms with Gasteiger partial charge in [-0.05, 0) is 40.5 Å². The van der Waals surface area contributed by atoms with Crippen LogP contribution in [-0.4, -0.2) is 28.8 Å². The first-order chi connectivity index (χ1) is 11.0. The number of amides is 2. The summed E-state index contributed by atoms with van der Waals surface area (Å²) in [6, 6.07) is -0.118. The van der Waals surface area contributed by atoms with Crippen LogP contribution in [0.15, 0.2) is 9.90 Å². The Hall–Kier alpha value is -1.89. The first-order valence-corrected chi connectivity index (χ1v) is 8.70. The van der Waals surface area contributed by atoms with Crippen molar-refractivity contribution in [1.82, 2.24) is 20.8 Å². The molecule has 0 aliphatic rings. The maximum absolute atomic E-state index is 11.9. The highest BCUT2D eigenvalue weighted by Gasteiger charge is 2.14. The number of aromatic nitrogens is 2. The maximum Gasteiger partial charge on any atom is 0.315 e. The number of nitrogens with zero attached hydrogens (tertiary/aromatic N) is 2. The van der Waals surface area contributed by atoms with Crippen molar-refractivity contribution < 1.29 is 9.32 Å². The molecule has 23 heavy (non-hydrogen) atoms. The number of carbonyl (C=O) groups is 1. The molecule has 0 fully saturated rings. The topological polar surface area (TPSA) is 80.0 Å². The average Bonchev–Trinajstić information content (AvgIpc) is 3.04. The molecule has 0 spiro atoms. The van der Waals surface area contributed by atoms with Gasteiger partial charge in [-0.2, -0.15) is 0 Å². The Labute approximate surface area is 140 Å². The monoisotopic (exact) mass is 336 g/mol. The van der Waals surface area contributed by atoms with E-state index < -0.39 is 0 Å². The van der Waals surface area contributed by atoms with Crippen LogP contribution >= 0.6 is 11.3 Å². The van der Waals surface area contributed by atoms with E-state index in [1.807, 2.05) is 33.1 Å². The Bertz CT molecular complexity index is 631. The summed E-state index contributed by atoms with van der Waals surface area (Å²) in [6.07, 6.45) is 2.50. The zero-order valence-corrected chi connectivity index (χ0v) is 14.9. The van der Waals surface area contributed by atoms with Crippen molar-refractivity contribution in [3.05, 3.63) is 33.1 Å². The van der Waals surface area contributed by atoms with Crippen LogP contribution in [0.3, 0.4) is 0 Å². The first kappa shape index (κ1) is 17.5. The van der Waals surface area contributed by atoms with E-state index in [2.05, 4.69) is 20.8 Å². The van der Waals surface area contributed by atoms with E-state index in [0.29, 0.717) is 13.0 Å². The summed E-state index contributed by atoms with van der Waals surface area (Å²) in [5.41, 5.74) is 3.01. The van der Waals surface area contributed by atoms with Gasteiger partial charge in [0.05, 0.1) is 10.7 Å². The fourth-order valence-electron chi connectivity index (χ4n) is 2.38.